The van der Waals surface area contributed by atoms with Gasteiger partial charge in [-0.05, 0) is 41.5 Å². The van der Waals surface area contributed by atoms with E-state index >= 15 is 0 Å². The number of carbonyl (C=O) groups is 1. The smallest absolute Gasteiger partial charge is 0.244 e. The molecule has 0 heterocycles. The van der Waals surface area contributed by atoms with E-state index in [2.05, 4.69) is 5.32 Å². The summed E-state index contributed by atoms with van der Waals surface area (Å²) in [5, 5.41) is 22.4. The normalized spacial score (nSPS) is 12.0. The maximum absolute atomic E-state index is 11.8. The van der Waals surface area contributed by atoms with Crippen LogP contribution in [0.2, 0.25) is 0 Å². The molecule has 0 saturated heterocycles. The molecule has 0 saturated carbocycles. The Bertz CT molecular complexity index is 740. The van der Waals surface area contributed by atoms with Gasteiger partial charge in [0, 0.05) is 12.6 Å². The van der Waals surface area contributed by atoms with Crippen molar-refractivity contribution in [3.63, 3.8) is 0 Å². The summed E-state index contributed by atoms with van der Waals surface area (Å²) >= 11 is 0. The summed E-state index contributed by atoms with van der Waals surface area (Å²) in [6.45, 7) is 0.0254. The van der Waals surface area contributed by atoms with Crippen molar-refractivity contribution in [3.05, 3.63) is 59.7 Å². The minimum absolute atomic E-state index is 0.0254. The van der Waals surface area contributed by atoms with Gasteiger partial charge in [0.1, 0.15) is 5.75 Å². The molecule has 2 aromatic rings. The van der Waals surface area contributed by atoms with Gasteiger partial charge in [-0.15, -0.1) is 0 Å². The van der Waals surface area contributed by atoms with Crippen LogP contribution in [-0.2, 0) is 4.79 Å². The summed E-state index contributed by atoms with van der Waals surface area (Å²) in [5.41, 5.74) is 1.34. The van der Waals surface area contributed by atoms with Crippen molar-refractivity contribution in [2.75, 3.05) is 20.8 Å². The molecule has 0 aliphatic rings. The van der Waals surface area contributed by atoms with Gasteiger partial charge in [-0.1, -0.05) is 18.2 Å². The van der Waals surface area contributed by atoms with Crippen molar-refractivity contribution >= 4 is 12.0 Å². The molecule has 3 N–H and O–H groups in total. The number of amides is 1. The van der Waals surface area contributed by atoms with Crippen LogP contribution in [0, 0.1) is 0 Å². The number of benzene rings is 2. The molecule has 1 unspecified atom stereocenters. The first kappa shape index (κ1) is 18.4. The van der Waals surface area contributed by atoms with Gasteiger partial charge in [0.05, 0.1) is 20.3 Å². The lowest BCUT2D eigenvalue weighted by molar-refractivity contribution is -0.116. The quantitative estimate of drug-likeness (QED) is 0.671. The Kier molecular flexibility index (Phi) is 6.42. The van der Waals surface area contributed by atoms with Gasteiger partial charge in [-0.25, -0.2) is 0 Å². The lowest BCUT2D eigenvalue weighted by Crippen LogP contribution is -2.26. The van der Waals surface area contributed by atoms with Gasteiger partial charge < -0.3 is 25.0 Å². The summed E-state index contributed by atoms with van der Waals surface area (Å²) in [6, 6.07) is 11.9. The van der Waals surface area contributed by atoms with Gasteiger partial charge in [-0.3, -0.25) is 4.79 Å². The number of ether oxygens (including phenoxy) is 2. The predicted octanol–water partition coefficient (Wildman–Crippen LogP) is 2.27. The average Bonchev–Trinajstić information content (AvgIpc) is 2.64. The van der Waals surface area contributed by atoms with Crippen LogP contribution in [0.25, 0.3) is 6.08 Å². The number of methoxy groups -OCH3 is 2. The Balaban J connectivity index is 1.88. The minimum Gasteiger partial charge on any atom is -0.504 e. The van der Waals surface area contributed by atoms with Crippen molar-refractivity contribution < 1.29 is 24.5 Å². The molecule has 0 spiro atoms. The molecule has 0 bridgehead atoms. The zero-order valence-corrected chi connectivity index (χ0v) is 14.1. The number of aromatic hydroxyl groups is 1. The van der Waals surface area contributed by atoms with E-state index in [0.717, 1.165) is 11.3 Å². The molecular formula is C19H21NO5. The number of hydrogen-bond donors (Lipinski definition) is 3. The molecular weight excluding hydrogens is 322 g/mol. The number of hydrogen-bond acceptors (Lipinski definition) is 5. The highest BCUT2D eigenvalue weighted by Gasteiger charge is 2.11. The Labute approximate surface area is 146 Å². The molecule has 0 aromatic heterocycles. The molecule has 0 aliphatic heterocycles. The van der Waals surface area contributed by atoms with E-state index in [1.807, 2.05) is 12.1 Å². The fourth-order valence-electron chi connectivity index (χ4n) is 2.18. The number of carbonyl (C=O) groups excluding carboxylic acids is 1. The van der Waals surface area contributed by atoms with E-state index in [0.29, 0.717) is 11.3 Å². The van der Waals surface area contributed by atoms with Crippen molar-refractivity contribution in [1.82, 2.24) is 5.32 Å². The monoisotopic (exact) mass is 343 g/mol. The lowest BCUT2D eigenvalue weighted by Gasteiger charge is -2.13. The number of phenols is 1. The largest absolute Gasteiger partial charge is 0.504 e. The van der Waals surface area contributed by atoms with Crippen molar-refractivity contribution in [2.45, 2.75) is 6.10 Å². The number of aliphatic hydroxyl groups excluding tert-OH is 1. The van der Waals surface area contributed by atoms with Crippen molar-refractivity contribution in [2.24, 2.45) is 0 Å². The third kappa shape index (κ3) is 5.26. The van der Waals surface area contributed by atoms with E-state index < -0.39 is 6.10 Å². The maximum Gasteiger partial charge on any atom is 0.244 e. The zero-order valence-electron chi connectivity index (χ0n) is 14.1. The van der Waals surface area contributed by atoms with Crippen LogP contribution in [0.3, 0.4) is 0 Å². The summed E-state index contributed by atoms with van der Waals surface area (Å²) in [5.74, 6) is 0.673. The Morgan fingerprint density at radius 3 is 2.48 bits per heavy atom. The highest BCUT2D eigenvalue weighted by atomic mass is 16.5. The Hall–Kier alpha value is -2.99. The van der Waals surface area contributed by atoms with E-state index in [1.54, 1.807) is 37.5 Å². The first-order valence-corrected chi connectivity index (χ1v) is 7.68. The Morgan fingerprint density at radius 1 is 1.16 bits per heavy atom. The molecule has 6 nitrogen and oxygen atoms in total. The van der Waals surface area contributed by atoms with Crippen LogP contribution in [0.15, 0.2) is 48.5 Å². The topological polar surface area (TPSA) is 88.0 Å². The summed E-state index contributed by atoms with van der Waals surface area (Å²) < 4.78 is 10.0. The van der Waals surface area contributed by atoms with Gasteiger partial charge in [0.25, 0.3) is 0 Å². The summed E-state index contributed by atoms with van der Waals surface area (Å²) in [4.78, 5) is 11.8. The van der Waals surface area contributed by atoms with Gasteiger partial charge in [0.2, 0.25) is 5.91 Å². The molecule has 2 aromatic carbocycles. The molecule has 0 aliphatic carbocycles. The standard InChI is InChI=1S/C19H21NO5/c1-24-15-7-3-13(4-8-15)5-10-19(23)20-12-17(22)14-6-9-18(25-2)16(21)11-14/h3-11,17,21-22H,12H2,1-2H3,(H,20,23). The minimum atomic E-state index is -0.935. The molecule has 1 amide bonds. The van der Waals surface area contributed by atoms with E-state index in [-0.39, 0.29) is 18.2 Å². The number of nitrogens with one attached hydrogen (secondary N) is 1. The third-order valence-corrected chi connectivity index (χ3v) is 3.60. The fraction of sp³-hybridized carbons (Fsp3) is 0.211. The van der Waals surface area contributed by atoms with Crippen LogP contribution in [0.5, 0.6) is 17.2 Å². The number of phenolic OH excluding ortho intramolecular Hbond substituents is 1. The molecule has 0 fully saturated rings. The van der Waals surface area contributed by atoms with E-state index in [4.69, 9.17) is 9.47 Å². The van der Waals surface area contributed by atoms with E-state index in [9.17, 15) is 15.0 Å². The molecule has 1 atom stereocenters. The molecule has 0 radical (unpaired) electrons. The first-order chi connectivity index (χ1) is 12.0. The lowest BCUT2D eigenvalue weighted by atomic mass is 10.1. The summed E-state index contributed by atoms with van der Waals surface area (Å²) in [7, 11) is 3.03. The first-order valence-electron chi connectivity index (χ1n) is 7.68. The zero-order chi connectivity index (χ0) is 18.2. The second kappa shape index (κ2) is 8.75. The predicted molar refractivity (Wildman–Crippen MR) is 94.7 cm³/mol. The van der Waals surface area contributed by atoms with Crippen molar-refractivity contribution in [1.29, 1.82) is 0 Å². The second-order valence-electron chi connectivity index (χ2n) is 5.30. The second-order valence-corrected chi connectivity index (χ2v) is 5.30. The molecule has 132 valence electrons. The van der Waals surface area contributed by atoms with Crippen molar-refractivity contribution in [3.8, 4) is 17.2 Å². The van der Waals surface area contributed by atoms with Crippen LogP contribution in [0.4, 0.5) is 0 Å². The van der Waals surface area contributed by atoms with Gasteiger partial charge in [-0.2, -0.15) is 0 Å². The molecule has 25 heavy (non-hydrogen) atoms. The third-order valence-electron chi connectivity index (χ3n) is 3.60. The summed E-state index contributed by atoms with van der Waals surface area (Å²) in [6.07, 6.45) is 2.12. The van der Waals surface area contributed by atoms with Crippen LogP contribution in [0.1, 0.15) is 17.2 Å². The number of rotatable bonds is 7. The highest BCUT2D eigenvalue weighted by molar-refractivity contribution is 5.91. The average molecular weight is 343 g/mol. The van der Waals surface area contributed by atoms with Crippen LogP contribution in [-0.4, -0.2) is 36.9 Å². The van der Waals surface area contributed by atoms with E-state index in [1.165, 1.54) is 19.3 Å². The molecule has 6 heteroatoms. The highest BCUT2D eigenvalue weighted by Crippen LogP contribution is 2.28. The SMILES string of the molecule is COc1ccc(C=CC(=O)NCC(O)c2ccc(OC)c(O)c2)cc1. The number of aliphatic hydroxyl groups is 1. The Morgan fingerprint density at radius 2 is 1.88 bits per heavy atom. The fourth-order valence-corrected chi connectivity index (χ4v) is 2.18. The van der Waals surface area contributed by atoms with Crippen LogP contribution < -0.4 is 14.8 Å². The van der Waals surface area contributed by atoms with Crippen LogP contribution >= 0.6 is 0 Å². The maximum atomic E-state index is 11.8. The van der Waals surface area contributed by atoms with Gasteiger partial charge >= 0.3 is 0 Å². The molecule has 2 rings (SSSR count). The van der Waals surface area contributed by atoms with Gasteiger partial charge in [0.15, 0.2) is 11.5 Å².